The number of pyridine rings is 1. The van der Waals surface area contributed by atoms with E-state index in [2.05, 4.69) is 9.71 Å². The van der Waals surface area contributed by atoms with Gasteiger partial charge in [0.15, 0.2) is 5.76 Å². The molecule has 2 aromatic heterocycles. The zero-order valence-electron chi connectivity index (χ0n) is 11.9. The highest BCUT2D eigenvalue weighted by Crippen LogP contribution is 2.21. The molecule has 7 heteroatoms. The van der Waals surface area contributed by atoms with E-state index >= 15 is 0 Å². The molecule has 2 heterocycles. The Morgan fingerprint density at radius 2 is 1.96 bits per heavy atom. The number of rotatable bonds is 5. The molecule has 0 aliphatic carbocycles. The highest BCUT2D eigenvalue weighted by Gasteiger charge is 2.17. The average molecular weight is 349 g/mol. The van der Waals surface area contributed by atoms with E-state index in [1.54, 1.807) is 48.9 Å². The molecule has 0 aliphatic rings. The normalized spacial score (nSPS) is 11.5. The summed E-state index contributed by atoms with van der Waals surface area (Å²) in [5.41, 5.74) is 1.41. The van der Waals surface area contributed by atoms with Gasteiger partial charge < -0.3 is 4.42 Å². The van der Waals surface area contributed by atoms with Gasteiger partial charge in [-0.1, -0.05) is 23.7 Å². The van der Waals surface area contributed by atoms with Crippen molar-refractivity contribution in [1.82, 2.24) is 9.71 Å². The van der Waals surface area contributed by atoms with Crippen LogP contribution in [0.4, 0.5) is 0 Å². The quantitative estimate of drug-likeness (QED) is 0.766. The molecule has 0 unspecified atom stereocenters. The van der Waals surface area contributed by atoms with Crippen LogP contribution in [0.2, 0.25) is 5.02 Å². The van der Waals surface area contributed by atoms with Crippen LogP contribution in [0.15, 0.2) is 70.3 Å². The van der Waals surface area contributed by atoms with Crippen molar-refractivity contribution in [2.75, 3.05) is 0 Å². The standard InChI is InChI=1S/C16H13ClN2O3S/c17-13-4-1-2-6-16(13)23(20,21)19-11-12-7-8-18-14(10-12)15-5-3-9-22-15/h1-10,19H,11H2. The van der Waals surface area contributed by atoms with E-state index in [9.17, 15) is 8.42 Å². The number of halogens is 1. The van der Waals surface area contributed by atoms with Gasteiger partial charge in [-0.2, -0.15) is 0 Å². The number of furan rings is 1. The Balaban J connectivity index is 1.78. The SMILES string of the molecule is O=S(=O)(NCc1ccnc(-c2ccco2)c1)c1ccccc1Cl. The number of hydrogen-bond acceptors (Lipinski definition) is 4. The molecule has 0 bridgehead atoms. The predicted molar refractivity (Wildman–Crippen MR) is 87.4 cm³/mol. The van der Waals surface area contributed by atoms with E-state index in [1.807, 2.05) is 0 Å². The van der Waals surface area contributed by atoms with Crippen molar-refractivity contribution in [2.24, 2.45) is 0 Å². The minimum atomic E-state index is -3.68. The number of nitrogens with one attached hydrogen (secondary N) is 1. The predicted octanol–water partition coefficient (Wildman–Crippen LogP) is 3.47. The van der Waals surface area contributed by atoms with Gasteiger partial charge in [0, 0.05) is 12.7 Å². The monoisotopic (exact) mass is 348 g/mol. The summed E-state index contributed by atoms with van der Waals surface area (Å²) in [5, 5.41) is 0.186. The van der Waals surface area contributed by atoms with Crippen LogP contribution in [-0.4, -0.2) is 13.4 Å². The highest BCUT2D eigenvalue weighted by molar-refractivity contribution is 7.89. The second-order valence-corrected chi connectivity index (χ2v) is 6.92. The fourth-order valence-electron chi connectivity index (χ4n) is 2.06. The number of benzene rings is 1. The fourth-order valence-corrected chi connectivity index (χ4v) is 3.60. The highest BCUT2D eigenvalue weighted by atomic mass is 35.5. The molecule has 1 aromatic carbocycles. The smallest absolute Gasteiger partial charge is 0.242 e. The summed E-state index contributed by atoms with van der Waals surface area (Å²) in [7, 11) is -3.68. The van der Waals surface area contributed by atoms with Crippen molar-refractivity contribution in [2.45, 2.75) is 11.4 Å². The lowest BCUT2D eigenvalue weighted by Crippen LogP contribution is -2.23. The zero-order valence-corrected chi connectivity index (χ0v) is 13.5. The minimum absolute atomic E-state index is 0.0574. The zero-order chi connectivity index (χ0) is 16.3. The Bertz CT molecular complexity index is 909. The summed E-state index contributed by atoms with van der Waals surface area (Å²) in [6.45, 7) is 0.129. The molecule has 3 aromatic rings. The lowest BCUT2D eigenvalue weighted by molar-refractivity contribution is 0.579. The average Bonchev–Trinajstić information content (AvgIpc) is 3.08. The molecular weight excluding hydrogens is 336 g/mol. The van der Waals surface area contributed by atoms with Crippen LogP contribution in [0.5, 0.6) is 0 Å². The first-order chi connectivity index (χ1) is 11.1. The molecule has 5 nitrogen and oxygen atoms in total. The summed E-state index contributed by atoms with van der Waals surface area (Å²) in [5.74, 6) is 0.626. The van der Waals surface area contributed by atoms with Crippen molar-refractivity contribution < 1.29 is 12.8 Å². The third-order valence-electron chi connectivity index (χ3n) is 3.19. The molecule has 0 amide bonds. The molecule has 0 spiro atoms. The van der Waals surface area contributed by atoms with E-state index < -0.39 is 10.0 Å². The van der Waals surface area contributed by atoms with Crippen molar-refractivity contribution >= 4 is 21.6 Å². The van der Waals surface area contributed by atoms with Crippen molar-refractivity contribution in [3.8, 4) is 11.5 Å². The maximum absolute atomic E-state index is 12.3. The first kappa shape index (κ1) is 15.7. The first-order valence-electron chi connectivity index (χ1n) is 6.79. The van der Waals surface area contributed by atoms with Gasteiger partial charge in [-0.05, 0) is 42.0 Å². The van der Waals surface area contributed by atoms with E-state index in [0.717, 1.165) is 5.56 Å². The number of sulfonamides is 1. The first-order valence-corrected chi connectivity index (χ1v) is 8.65. The number of hydrogen-bond donors (Lipinski definition) is 1. The molecule has 0 radical (unpaired) electrons. The summed E-state index contributed by atoms with van der Waals surface area (Å²) in [6.07, 6.45) is 3.17. The van der Waals surface area contributed by atoms with Crippen molar-refractivity contribution in [1.29, 1.82) is 0 Å². The van der Waals surface area contributed by atoms with Gasteiger partial charge in [-0.25, -0.2) is 13.1 Å². The van der Waals surface area contributed by atoms with Gasteiger partial charge in [0.05, 0.1) is 11.3 Å². The van der Waals surface area contributed by atoms with Crippen LogP contribution in [0.3, 0.4) is 0 Å². The molecule has 0 aliphatic heterocycles. The third kappa shape index (κ3) is 3.61. The van der Waals surface area contributed by atoms with Crippen molar-refractivity contribution in [3.05, 3.63) is 71.6 Å². The summed E-state index contributed by atoms with van der Waals surface area (Å²) >= 11 is 5.94. The van der Waals surface area contributed by atoms with Crippen LogP contribution in [0.1, 0.15) is 5.56 Å². The van der Waals surface area contributed by atoms with Gasteiger partial charge in [-0.3, -0.25) is 4.98 Å². The molecular formula is C16H13ClN2O3S. The van der Waals surface area contributed by atoms with Gasteiger partial charge in [-0.15, -0.1) is 0 Å². The summed E-state index contributed by atoms with van der Waals surface area (Å²) < 4.78 is 32.4. The van der Waals surface area contributed by atoms with E-state index in [0.29, 0.717) is 11.5 Å². The maximum Gasteiger partial charge on any atom is 0.242 e. The van der Waals surface area contributed by atoms with Crippen LogP contribution < -0.4 is 4.72 Å². The van der Waals surface area contributed by atoms with Gasteiger partial charge in [0.25, 0.3) is 0 Å². The second-order valence-electron chi connectivity index (χ2n) is 4.78. The summed E-state index contributed by atoms with van der Waals surface area (Å²) in [4.78, 5) is 4.26. The van der Waals surface area contributed by atoms with Crippen molar-refractivity contribution in [3.63, 3.8) is 0 Å². The fraction of sp³-hybridized carbons (Fsp3) is 0.0625. The number of aromatic nitrogens is 1. The lowest BCUT2D eigenvalue weighted by Gasteiger charge is -2.08. The molecule has 3 rings (SSSR count). The Morgan fingerprint density at radius 1 is 1.13 bits per heavy atom. The van der Waals surface area contributed by atoms with Gasteiger partial charge >= 0.3 is 0 Å². The Hall–Kier alpha value is -2.15. The van der Waals surface area contributed by atoms with E-state index in [-0.39, 0.29) is 16.5 Å². The summed E-state index contributed by atoms with van der Waals surface area (Å²) in [6, 6.07) is 13.4. The van der Waals surface area contributed by atoms with E-state index in [4.69, 9.17) is 16.0 Å². The largest absolute Gasteiger partial charge is 0.463 e. The van der Waals surface area contributed by atoms with Crippen LogP contribution in [0.25, 0.3) is 11.5 Å². The molecule has 23 heavy (non-hydrogen) atoms. The second kappa shape index (κ2) is 6.54. The molecule has 0 saturated carbocycles. The molecule has 0 atom stereocenters. The van der Waals surface area contributed by atoms with Crippen LogP contribution in [-0.2, 0) is 16.6 Å². The minimum Gasteiger partial charge on any atom is -0.463 e. The molecule has 0 saturated heterocycles. The van der Waals surface area contributed by atoms with E-state index in [1.165, 1.54) is 12.1 Å². The van der Waals surface area contributed by atoms with Gasteiger partial charge in [0.1, 0.15) is 10.6 Å². The number of nitrogens with zero attached hydrogens (tertiary/aromatic N) is 1. The molecule has 118 valence electrons. The van der Waals surface area contributed by atoms with Crippen LogP contribution >= 0.6 is 11.6 Å². The lowest BCUT2D eigenvalue weighted by atomic mass is 10.2. The molecule has 0 fully saturated rings. The Kier molecular flexibility index (Phi) is 4.47. The van der Waals surface area contributed by atoms with Gasteiger partial charge in [0.2, 0.25) is 10.0 Å². The Labute approximate surface area is 139 Å². The van der Waals surface area contributed by atoms with Crippen LogP contribution in [0, 0.1) is 0 Å². The maximum atomic E-state index is 12.3. The topological polar surface area (TPSA) is 72.2 Å². The third-order valence-corrected chi connectivity index (χ3v) is 5.09. The Morgan fingerprint density at radius 3 is 2.70 bits per heavy atom. The molecule has 1 N–H and O–H groups in total.